The summed E-state index contributed by atoms with van der Waals surface area (Å²) in [5.74, 6) is -1.49. The number of hydrogen-bond donors (Lipinski definition) is 2. The van der Waals surface area contributed by atoms with Gasteiger partial charge in [0.15, 0.2) is 5.76 Å². The van der Waals surface area contributed by atoms with Gasteiger partial charge >= 0.3 is 5.97 Å². The first-order valence-electron chi connectivity index (χ1n) is 7.26. The Morgan fingerprint density at radius 2 is 1.83 bits per heavy atom. The molecule has 2 rings (SSSR count). The standard InChI is InChI=1S/C17H18FNO4/c1-10(2)9-13(17(21)22)19-16(20)15-8-7-14(23-15)11-3-5-12(18)6-4-11/h3-8,10,13H,9H2,1-2H3,(H,19,20)(H,21,22)/t13-/m0/s1. The summed E-state index contributed by atoms with van der Waals surface area (Å²) in [6.45, 7) is 3.75. The highest BCUT2D eigenvalue weighted by Gasteiger charge is 2.23. The molecule has 0 radical (unpaired) electrons. The van der Waals surface area contributed by atoms with Crippen LogP contribution in [0.2, 0.25) is 0 Å². The molecule has 0 aliphatic heterocycles. The number of rotatable bonds is 6. The average Bonchev–Trinajstić information content (AvgIpc) is 2.96. The van der Waals surface area contributed by atoms with Gasteiger partial charge in [-0.05, 0) is 48.7 Å². The molecule has 6 heteroatoms. The first-order valence-corrected chi connectivity index (χ1v) is 7.26. The topological polar surface area (TPSA) is 79.5 Å². The predicted octanol–water partition coefficient (Wildman–Crippen LogP) is 3.31. The zero-order chi connectivity index (χ0) is 17.0. The number of furan rings is 1. The molecular weight excluding hydrogens is 301 g/mol. The lowest BCUT2D eigenvalue weighted by Gasteiger charge is -2.15. The maximum Gasteiger partial charge on any atom is 0.326 e. The van der Waals surface area contributed by atoms with Crippen molar-refractivity contribution in [2.24, 2.45) is 5.92 Å². The van der Waals surface area contributed by atoms with Gasteiger partial charge in [0.25, 0.3) is 5.91 Å². The minimum Gasteiger partial charge on any atom is -0.480 e. The number of benzene rings is 1. The second kappa shape index (κ2) is 7.09. The molecular formula is C17H18FNO4. The number of hydrogen-bond acceptors (Lipinski definition) is 3. The minimum atomic E-state index is -1.09. The van der Waals surface area contributed by atoms with Gasteiger partial charge in [0.1, 0.15) is 17.6 Å². The first-order chi connectivity index (χ1) is 10.9. The molecule has 0 aliphatic carbocycles. The Kier molecular flexibility index (Phi) is 5.16. The van der Waals surface area contributed by atoms with Crippen LogP contribution in [0.3, 0.4) is 0 Å². The SMILES string of the molecule is CC(C)C[C@H](NC(=O)c1ccc(-c2ccc(F)cc2)o1)C(=O)O. The van der Waals surface area contributed by atoms with Gasteiger partial charge in [-0.1, -0.05) is 13.8 Å². The van der Waals surface area contributed by atoms with E-state index in [9.17, 15) is 14.0 Å². The Morgan fingerprint density at radius 1 is 1.17 bits per heavy atom. The van der Waals surface area contributed by atoms with E-state index >= 15 is 0 Å². The zero-order valence-electron chi connectivity index (χ0n) is 12.9. The van der Waals surface area contributed by atoms with Gasteiger partial charge in [-0.25, -0.2) is 9.18 Å². The summed E-state index contributed by atoms with van der Waals surface area (Å²) in [4.78, 5) is 23.3. The van der Waals surface area contributed by atoms with Crippen molar-refractivity contribution in [2.45, 2.75) is 26.3 Å². The number of nitrogens with one attached hydrogen (secondary N) is 1. The Bertz CT molecular complexity index is 691. The van der Waals surface area contributed by atoms with E-state index in [0.717, 1.165) is 0 Å². The number of amides is 1. The lowest BCUT2D eigenvalue weighted by Crippen LogP contribution is -2.41. The molecule has 23 heavy (non-hydrogen) atoms. The van der Waals surface area contributed by atoms with Gasteiger partial charge < -0.3 is 14.8 Å². The summed E-state index contributed by atoms with van der Waals surface area (Å²) in [5, 5.41) is 11.6. The number of carbonyl (C=O) groups is 2. The van der Waals surface area contributed by atoms with Crippen molar-refractivity contribution in [1.82, 2.24) is 5.32 Å². The molecule has 1 aromatic carbocycles. The van der Waals surface area contributed by atoms with Crippen molar-refractivity contribution in [1.29, 1.82) is 0 Å². The van der Waals surface area contributed by atoms with Crippen LogP contribution in [0.5, 0.6) is 0 Å². The summed E-state index contributed by atoms with van der Waals surface area (Å²) >= 11 is 0. The molecule has 122 valence electrons. The highest BCUT2D eigenvalue weighted by molar-refractivity contribution is 5.94. The Balaban J connectivity index is 2.11. The second-order valence-corrected chi connectivity index (χ2v) is 5.66. The van der Waals surface area contributed by atoms with E-state index in [-0.39, 0.29) is 17.5 Å². The van der Waals surface area contributed by atoms with Gasteiger partial charge in [-0.15, -0.1) is 0 Å². The third-order valence-electron chi connectivity index (χ3n) is 3.27. The summed E-state index contributed by atoms with van der Waals surface area (Å²) in [7, 11) is 0. The molecule has 1 atom stereocenters. The van der Waals surface area contributed by atoms with E-state index in [1.165, 1.54) is 30.3 Å². The second-order valence-electron chi connectivity index (χ2n) is 5.66. The van der Waals surface area contributed by atoms with Gasteiger partial charge in [0, 0.05) is 5.56 Å². The highest BCUT2D eigenvalue weighted by atomic mass is 19.1. The van der Waals surface area contributed by atoms with Gasteiger partial charge in [-0.3, -0.25) is 4.79 Å². The van der Waals surface area contributed by atoms with Crippen LogP contribution in [-0.4, -0.2) is 23.0 Å². The maximum atomic E-state index is 12.9. The van der Waals surface area contributed by atoms with Crippen molar-refractivity contribution in [2.75, 3.05) is 0 Å². The van der Waals surface area contributed by atoms with Gasteiger partial charge in [0.2, 0.25) is 0 Å². The molecule has 0 aliphatic rings. The smallest absolute Gasteiger partial charge is 0.326 e. The van der Waals surface area contributed by atoms with Crippen LogP contribution in [0.4, 0.5) is 4.39 Å². The Hall–Kier alpha value is -2.63. The van der Waals surface area contributed by atoms with Crippen LogP contribution < -0.4 is 5.32 Å². The van der Waals surface area contributed by atoms with Crippen LogP contribution in [0, 0.1) is 11.7 Å². The molecule has 0 spiro atoms. The lowest BCUT2D eigenvalue weighted by molar-refractivity contribution is -0.139. The van der Waals surface area contributed by atoms with Crippen molar-refractivity contribution in [3.05, 3.63) is 48.0 Å². The molecule has 0 bridgehead atoms. The number of carboxylic acid groups (broad SMARTS) is 1. The summed E-state index contributed by atoms with van der Waals surface area (Å²) in [6, 6.07) is 7.73. The van der Waals surface area contributed by atoms with Crippen molar-refractivity contribution < 1.29 is 23.5 Å². The molecule has 0 saturated carbocycles. The van der Waals surface area contributed by atoms with Crippen LogP contribution in [0.15, 0.2) is 40.8 Å². The molecule has 2 aromatic rings. The quantitative estimate of drug-likeness (QED) is 0.856. The molecule has 5 nitrogen and oxygen atoms in total. The van der Waals surface area contributed by atoms with Crippen LogP contribution in [-0.2, 0) is 4.79 Å². The number of halogens is 1. The molecule has 0 fully saturated rings. The molecule has 2 N–H and O–H groups in total. The monoisotopic (exact) mass is 319 g/mol. The summed E-state index contributed by atoms with van der Waals surface area (Å²) in [5.41, 5.74) is 0.627. The van der Waals surface area contributed by atoms with Crippen molar-refractivity contribution >= 4 is 11.9 Å². The molecule has 0 unspecified atom stereocenters. The molecule has 1 amide bonds. The third-order valence-corrected chi connectivity index (χ3v) is 3.27. The molecule has 1 heterocycles. The van der Waals surface area contributed by atoms with E-state index in [1.54, 1.807) is 6.07 Å². The fourth-order valence-corrected chi connectivity index (χ4v) is 2.15. The average molecular weight is 319 g/mol. The first kappa shape index (κ1) is 16.7. The van der Waals surface area contributed by atoms with E-state index in [4.69, 9.17) is 9.52 Å². The molecule has 0 saturated heterocycles. The molecule has 1 aromatic heterocycles. The minimum absolute atomic E-state index is 0.0133. The van der Waals surface area contributed by atoms with E-state index in [0.29, 0.717) is 17.7 Å². The van der Waals surface area contributed by atoms with Gasteiger partial charge in [-0.2, -0.15) is 0 Å². The largest absolute Gasteiger partial charge is 0.480 e. The lowest BCUT2D eigenvalue weighted by atomic mass is 10.0. The highest BCUT2D eigenvalue weighted by Crippen LogP contribution is 2.22. The number of aliphatic carboxylic acids is 1. The fraction of sp³-hybridized carbons (Fsp3) is 0.294. The van der Waals surface area contributed by atoms with Crippen LogP contribution in [0.25, 0.3) is 11.3 Å². The zero-order valence-corrected chi connectivity index (χ0v) is 12.9. The van der Waals surface area contributed by atoms with E-state index in [1.807, 2.05) is 13.8 Å². The van der Waals surface area contributed by atoms with Crippen LogP contribution >= 0.6 is 0 Å². The summed E-state index contributed by atoms with van der Waals surface area (Å²) < 4.78 is 18.3. The number of carboxylic acids is 1. The Labute approximate surface area is 133 Å². The predicted molar refractivity (Wildman–Crippen MR) is 82.4 cm³/mol. The van der Waals surface area contributed by atoms with Crippen molar-refractivity contribution in [3.63, 3.8) is 0 Å². The van der Waals surface area contributed by atoms with Gasteiger partial charge in [0.05, 0.1) is 0 Å². The summed E-state index contributed by atoms with van der Waals surface area (Å²) in [6.07, 6.45) is 0.326. The van der Waals surface area contributed by atoms with E-state index in [2.05, 4.69) is 5.32 Å². The fourth-order valence-electron chi connectivity index (χ4n) is 2.15. The normalized spacial score (nSPS) is 12.2. The third kappa shape index (κ3) is 4.42. The number of carbonyl (C=O) groups excluding carboxylic acids is 1. The van der Waals surface area contributed by atoms with Crippen molar-refractivity contribution in [3.8, 4) is 11.3 Å². The Morgan fingerprint density at radius 3 is 2.39 bits per heavy atom. The van der Waals surface area contributed by atoms with Crippen LogP contribution in [0.1, 0.15) is 30.8 Å². The maximum absolute atomic E-state index is 12.9. The van der Waals surface area contributed by atoms with E-state index < -0.39 is 17.9 Å².